The molecule has 0 aliphatic heterocycles. The SMILES string of the molecule is CC(C)(C)OC(=O)N[C@@H](Cc1c2ccccc2cc2ccccc12)C(=O)[O-]. The van der Waals surface area contributed by atoms with Gasteiger partial charge in [-0.3, -0.25) is 0 Å². The van der Waals surface area contributed by atoms with Crippen LogP contribution in [0.4, 0.5) is 4.79 Å². The van der Waals surface area contributed by atoms with E-state index in [2.05, 4.69) is 11.4 Å². The third kappa shape index (κ3) is 4.37. The van der Waals surface area contributed by atoms with Crippen LogP contribution in [-0.2, 0) is 16.0 Å². The normalized spacial score (nSPS) is 12.7. The molecule has 0 bridgehead atoms. The Hall–Kier alpha value is -3.08. The molecular weight excluding hydrogens is 342 g/mol. The maximum Gasteiger partial charge on any atom is 0.408 e. The lowest BCUT2D eigenvalue weighted by Crippen LogP contribution is -2.50. The minimum Gasteiger partial charge on any atom is -0.548 e. The van der Waals surface area contributed by atoms with Crippen molar-refractivity contribution >= 4 is 33.6 Å². The summed E-state index contributed by atoms with van der Waals surface area (Å²) in [6.45, 7) is 5.16. The summed E-state index contributed by atoms with van der Waals surface area (Å²) in [5.74, 6) is -1.35. The van der Waals surface area contributed by atoms with Crippen LogP contribution in [0, 0.1) is 0 Å². The van der Waals surface area contributed by atoms with Crippen LogP contribution in [0.5, 0.6) is 0 Å². The van der Waals surface area contributed by atoms with E-state index in [1.807, 2.05) is 48.5 Å². The Balaban J connectivity index is 2.01. The highest BCUT2D eigenvalue weighted by atomic mass is 16.6. The van der Waals surface area contributed by atoms with Gasteiger partial charge in [-0.2, -0.15) is 0 Å². The van der Waals surface area contributed by atoms with Crippen LogP contribution in [0.2, 0.25) is 0 Å². The van der Waals surface area contributed by atoms with Crippen molar-refractivity contribution in [3.8, 4) is 0 Å². The first-order chi connectivity index (χ1) is 12.7. The molecule has 1 atom stereocenters. The van der Waals surface area contributed by atoms with Gasteiger partial charge in [0, 0.05) is 0 Å². The van der Waals surface area contributed by atoms with E-state index >= 15 is 0 Å². The van der Waals surface area contributed by atoms with E-state index in [4.69, 9.17) is 4.74 Å². The molecule has 0 aliphatic rings. The summed E-state index contributed by atoms with van der Waals surface area (Å²) in [5, 5.41) is 18.1. The lowest BCUT2D eigenvalue weighted by Gasteiger charge is -2.25. The molecule has 1 N–H and O–H groups in total. The Morgan fingerprint density at radius 3 is 2.00 bits per heavy atom. The van der Waals surface area contributed by atoms with Gasteiger partial charge in [0.2, 0.25) is 0 Å². The highest BCUT2D eigenvalue weighted by Gasteiger charge is 2.22. The summed E-state index contributed by atoms with van der Waals surface area (Å²) >= 11 is 0. The minimum atomic E-state index is -1.35. The zero-order valence-electron chi connectivity index (χ0n) is 15.6. The number of ether oxygens (including phenoxy) is 1. The molecule has 140 valence electrons. The molecule has 5 heteroatoms. The summed E-state index contributed by atoms with van der Waals surface area (Å²) in [6.07, 6.45) is -0.676. The number of alkyl carbamates (subject to hydrolysis) is 1. The summed E-state index contributed by atoms with van der Waals surface area (Å²) in [6, 6.07) is 16.5. The Morgan fingerprint density at radius 2 is 1.52 bits per heavy atom. The van der Waals surface area contributed by atoms with Crippen molar-refractivity contribution in [2.75, 3.05) is 0 Å². The van der Waals surface area contributed by atoms with Crippen molar-refractivity contribution in [1.82, 2.24) is 5.32 Å². The molecule has 0 fully saturated rings. The third-order valence-corrected chi connectivity index (χ3v) is 4.27. The molecule has 0 radical (unpaired) electrons. The molecule has 0 spiro atoms. The topological polar surface area (TPSA) is 78.5 Å². The first kappa shape index (κ1) is 18.7. The van der Waals surface area contributed by atoms with Gasteiger partial charge in [0.1, 0.15) is 5.60 Å². The number of aliphatic carboxylic acids is 1. The quantitative estimate of drug-likeness (QED) is 0.721. The van der Waals surface area contributed by atoms with Gasteiger partial charge in [-0.25, -0.2) is 4.79 Å². The van der Waals surface area contributed by atoms with E-state index in [1.54, 1.807) is 20.8 Å². The second-order valence-electron chi connectivity index (χ2n) is 7.52. The average Bonchev–Trinajstić information content (AvgIpc) is 2.59. The number of carboxylic acid groups (broad SMARTS) is 1. The van der Waals surface area contributed by atoms with Crippen LogP contribution in [0.3, 0.4) is 0 Å². The van der Waals surface area contributed by atoms with Gasteiger partial charge in [-0.15, -0.1) is 0 Å². The number of carbonyl (C=O) groups excluding carboxylic acids is 2. The van der Waals surface area contributed by atoms with Crippen LogP contribution < -0.4 is 10.4 Å². The number of carbonyl (C=O) groups is 2. The predicted octanol–water partition coefficient (Wildman–Crippen LogP) is 3.18. The van der Waals surface area contributed by atoms with E-state index in [0.717, 1.165) is 27.1 Å². The number of benzene rings is 3. The van der Waals surface area contributed by atoms with Gasteiger partial charge in [-0.1, -0.05) is 48.5 Å². The van der Waals surface area contributed by atoms with Crippen LogP contribution >= 0.6 is 0 Å². The highest BCUT2D eigenvalue weighted by Crippen LogP contribution is 2.29. The van der Waals surface area contributed by atoms with Gasteiger partial charge < -0.3 is 20.0 Å². The predicted molar refractivity (Wildman–Crippen MR) is 103 cm³/mol. The van der Waals surface area contributed by atoms with Crippen molar-refractivity contribution in [1.29, 1.82) is 0 Å². The van der Waals surface area contributed by atoms with Gasteiger partial charge >= 0.3 is 6.09 Å². The van der Waals surface area contributed by atoms with Crippen molar-refractivity contribution < 1.29 is 19.4 Å². The molecule has 3 aromatic rings. The van der Waals surface area contributed by atoms with Gasteiger partial charge in [0.25, 0.3) is 0 Å². The zero-order valence-corrected chi connectivity index (χ0v) is 15.6. The van der Waals surface area contributed by atoms with Gasteiger partial charge in [-0.05, 0) is 60.4 Å². The molecular formula is C22H22NO4-. The van der Waals surface area contributed by atoms with Gasteiger partial charge in [0.15, 0.2) is 0 Å². The first-order valence-corrected chi connectivity index (χ1v) is 8.84. The smallest absolute Gasteiger partial charge is 0.408 e. The summed E-state index contributed by atoms with van der Waals surface area (Å²) in [7, 11) is 0. The minimum absolute atomic E-state index is 0.101. The fraction of sp³-hybridized carbons (Fsp3) is 0.273. The maximum absolute atomic E-state index is 12.1. The fourth-order valence-electron chi connectivity index (χ4n) is 3.18. The highest BCUT2D eigenvalue weighted by molar-refractivity contribution is 6.02. The van der Waals surface area contributed by atoms with Crippen molar-refractivity contribution in [3.05, 3.63) is 60.2 Å². The number of fused-ring (bicyclic) bond motifs is 2. The summed E-state index contributed by atoms with van der Waals surface area (Å²) in [4.78, 5) is 23.8. The van der Waals surface area contributed by atoms with E-state index in [0.29, 0.717) is 0 Å². The van der Waals surface area contributed by atoms with Gasteiger partial charge in [0.05, 0.1) is 12.0 Å². The number of nitrogens with one attached hydrogen (secondary N) is 1. The van der Waals surface area contributed by atoms with E-state index < -0.39 is 23.7 Å². The molecule has 27 heavy (non-hydrogen) atoms. The van der Waals surface area contributed by atoms with E-state index in [1.165, 1.54) is 0 Å². The Morgan fingerprint density at radius 1 is 1.00 bits per heavy atom. The largest absolute Gasteiger partial charge is 0.548 e. The Bertz CT molecular complexity index is 950. The number of hydrogen-bond donors (Lipinski definition) is 1. The molecule has 1 amide bonds. The standard InChI is InChI=1S/C22H23NO4/c1-22(2,3)27-21(26)23-19(20(24)25)13-18-16-10-6-4-8-14(16)12-15-9-5-7-11-17(15)18/h4-12,19H,13H2,1-3H3,(H,23,26)(H,24,25)/p-1/t19-/m0/s1. The Labute approximate surface area is 157 Å². The molecule has 0 saturated heterocycles. The molecule has 3 aromatic carbocycles. The van der Waals surface area contributed by atoms with Crippen molar-refractivity contribution in [3.63, 3.8) is 0 Å². The monoisotopic (exact) mass is 364 g/mol. The Kier molecular flexibility index (Phi) is 5.04. The second kappa shape index (κ2) is 7.27. The molecule has 0 aromatic heterocycles. The lowest BCUT2D eigenvalue weighted by atomic mass is 9.92. The summed E-state index contributed by atoms with van der Waals surface area (Å²) in [5.41, 5.74) is 0.140. The molecule has 3 rings (SSSR count). The van der Waals surface area contributed by atoms with E-state index in [9.17, 15) is 14.7 Å². The molecule has 0 saturated carbocycles. The third-order valence-electron chi connectivity index (χ3n) is 4.27. The maximum atomic E-state index is 12.1. The summed E-state index contributed by atoms with van der Waals surface area (Å²) < 4.78 is 5.19. The van der Waals surface area contributed by atoms with Crippen LogP contribution in [0.25, 0.3) is 21.5 Å². The molecule has 0 heterocycles. The molecule has 0 aliphatic carbocycles. The van der Waals surface area contributed by atoms with Crippen molar-refractivity contribution in [2.24, 2.45) is 0 Å². The lowest BCUT2D eigenvalue weighted by molar-refractivity contribution is -0.308. The van der Waals surface area contributed by atoms with Crippen molar-refractivity contribution in [2.45, 2.75) is 38.8 Å². The number of carboxylic acids is 1. The van der Waals surface area contributed by atoms with Crippen LogP contribution in [-0.4, -0.2) is 23.7 Å². The number of hydrogen-bond acceptors (Lipinski definition) is 4. The molecule has 0 unspecified atom stereocenters. The number of rotatable bonds is 4. The fourth-order valence-corrected chi connectivity index (χ4v) is 3.18. The second-order valence-corrected chi connectivity index (χ2v) is 7.52. The average molecular weight is 364 g/mol. The molecule has 5 nitrogen and oxygen atoms in total. The number of amides is 1. The van der Waals surface area contributed by atoms with Crippen LogP contribution in [0.15, 0.2) is 54.6 Å². The van der Waals surface area contributed by atoms with E-state index in [-0.39, 0.29) is 6.42 Å². The first-order valence-electron chi connectivity index (χ1n) is 8.84. The van der Waals surface area contributed by atoms with Crippen LogP contribution in [0.1, 0.15) is 26.3 Å². The zero-order chi connectivity index (χ0) is 19.6.